The van der Waals surface area contributed by atoms with Gasteiger partial charge in [-0.25, -0.2) is 16.2 Å². The predicted octanol–water partition coefficient (Wildman–Crippen LogP) is 38.9. The molecule has 4 aromatic carbocycles. The Morgan fingerprint density at radius 2 is 0.438 bits per heavy atom. The molecule has 0 heterocycles. The lowest BCUT2D eigenvalue weighted by atomic mass is 9.86. The first-order chi connectivity index (χ1) is 66.9. The number of carbonyl (C=O) groups excluding carboxylic acids is 2. The first kappa shape index (κ1) is 123. The highest BCUT2D eigenvalue weighted by Crippen LogP contribution is 2.43. The molecule has 0 saturated heterocycles. The lowest BCUT2D eigenvalue weighted by Gasteiger charge is -2.25. The molecule has 0 fully saturated rings. The van der Waals surface area contributed by atoms with Crippen LogP contribution in [0.25, 0.3) is 4.85 Å². The van der Waals surface area contributed by atoms with Gasteiger partial charge < -0.3 is 33.3 Å². The van der Waals surface area contributed by atoms with Crippen molar-refractivity contribution in [2.24, 2.45) is 0 Å². The van der Waals surface area contributed by atoms with E-state index in [9.17, 15) is 14.9 Å². The number of benzene rings is 4. The zero-order valence-electron chi connectivity index (χ0n) is 89.4. The third kappa shape index (κ3) is 61.2. The van der Waals surface area contributed by atoms with Gasteiger partial charge in [-0.05, 0) is 177 Å². The highest BCUT2D eigenvalue weighted by atomic mass is 16.5. The van der Waals surface area contributed by atoms with Gasteiger partial charge in [-0.3, -0.25) is 0 Å². The first-order valence-corrected chi connectivity index (χ1v) is 58.4. The summed E-state index contributed by atoms with van der Waals surface area (Å²) in [7, 11) is 0. The Balaban J connectivity index is 0.0000392. The number of nitriles is 1. The lowest BCUT2D eigenvalue weighted by molar-refractivity contribution is -0.139. The number of esters is 2. The van der Waals surface area contributed by atoms with Crippen molar-refractivity contribution in [3.05, 3.63) is 151 Å². The second-order valence-electron chi connectivity index (χ2n) is 41.7. The molecular weight excluding hydrogens is 1680 g/mol. The average molecular weight is 1890 g/mol. The third-order valence-corrected chi connectivity index (χ3v) is 28.6. The molecule has 0 N–H and O–H groups in total. The molecule has 5 rings (SSSR count). The van der Waals surface area contributed by atoms with Crippen LogP contribution in [0.3, 0.4) is 0 Å². The molecule has 1 aliphatic carbocycles. The van der Waals surface area contributed by atoms with Crippen LogP contribution in [0.2, 0.25) is 0 Å². The number of fused-ring (bicyclic) bond motifs is 8. The zero-order valence-corrected chi connectivity index (χ0v) is 89.4. The molecule has 0 radical (unpaired) electrons. The summed E-state index contributed by atoms with van der Waals surface area (Å²) in [5, 5.41) is 9.95. The Hall–Kier alpha value is -6.52. The molecule has 10 nitrogen and oxygen atoms in total. The van der Waals surface area contributed by atoms with Crippen LogP contribution >= 0.6 is 0 Å². The van der Waals surface area contributed by atoms with Gasteiger partial charge in [0.2, 0.25) is 6.54 Å². The van der Waals surface area contributed by atoms with Crippen LogP contribution in [-0.2, 0) is 70.4 Å². The maximum atomic E-state index is 12.8. The van der Waals surface area contributed by atoms with Crippen LogP contribution in [0.15, 0.2) is 72.8 Å². The SMILES string of the molecule is C.[C-]#[N+]CCCCOc1c2cc(CCCCCCCCCCCCCCCCCC)cc1Cc1cc(CCCCCCCCCCCCCCCCCC)cc(c1OCCCCOC(=O)C(=C)C)Cc1cc(CCCCCCCCCCCCCCCCCC)cc(c1OCCCCC#N)Cc1cc(CCCCCCCCCCCCCCCCCC)cc(c1OCCCCOC(=O)C(=C)C)C2. The summed E-state index contributed by atoms with van der Waals surface area (Å²) in [6.45, 7) is 31.2. The van der Waals surface area contributed by atoms with Crippen molar-refractivity contribution in [3.63, 3.8) is 0 Å². The molecule has 0 spiro atoms. The van der Waals surface area contributed by atoms with Gasteiger partial charge >= 0.3 is 11.9 Å². The Morgan fingerprint density at radius 1 is 0.270 bits per heavy atom. The molecule has 0 aromatic heterocycles. The van der Waals surface area contributed by atoms with Gasteiger partial charge in [-0.2, -0.15) is 5.26 Å². The van der Waals surface area contributed by atoms with E-state index < -0.39 is 0 Å². The fraction of sp³-hybridized carbons (Fsp3) is 0.748. The molecule has 137 heavy (non-hydrogen) atoms. The largest absolute Gasteiger partial charge is 0.493 e. The first-order valence-electron chi connectivity index (χ1n) is 58.4. The Bertz CT molecular complexity index is 3420. The molecule has 0 saturated carbocycles. The van der Waals surface area contributed by atoms with Crippen LogP contribution < -0.4 is 18.9 Å². The number of hydrogen-bond donors (Lipinski definition) is 0. The van der Waals surface area contributed by atoms with E-state index in [2.05, 4.69) is 100 Å². The van der Waals surface area contributed by atoms with E-state index in [1.54, 1.807) is 13.8 Å². The number of carbonyl (C=O) groups is 2. The minimum atomic E-state index is -0.358. The highest BCUT2D eigenvalue weighted by Gasteiger charge is 2.26. The molecule has 8 bridgehead atoms. The molecular formula is C127H210N2O8. The number of nitrogens with zero attached hydrogens (tertiary/aromatic N) is 2. The second kappa shape index (κ2) is 86.2. The molecule has 0 amide bonds. The number of aryl methyl sites for hydroxylation is 4. The summed E-state index contributed by atoms with van der Waals surface area (Å²) >= 11 is 0. The molecule has 4 aromatic rings. The highest BCUT2D eigenvalue weighted by molar-refractivity contribution is 5.87. The van der Waals surface area contributed by atoms with Gasteiger partial charge in [0.15, 0.2) is 0 Å². The van der Waals surface area contributed by atoms with Crippen molar-refractivity contribution in [1.29, 1.82) is 5.26 Å². The number of ether oxygens (including phenoxy) is 6. The van der Waals surface area contributed by atoms with E-state index >= 15 is 0 Å². The Kier molecular flexibility index (Phi) is 77.2. The van der Waals surface area contributed by atoms with Crippen LogP contribution in [0.5, 0.6) is 23.0 Å². The summed E-state index contributed by atoms with van der Waals surface area (Å²) in [4.78, 5) is 29.4. The third-order valence-electron chi connectivity index (χ3n) is 28.6. The van der Waals surface area contributed by atoms with E-state index in [1.165, 1.54) is 430 Å². The number of unbranched alkanes of at least 4 members (excludes halogenated alkanes) is 65. The van der Waals surface area contributed by atoms with Crippen molar-refractivity contribution >= 4 is 11.9 Å². The summed E-state index contributed by atoms with van der Waals surface area (Å²) in [6.07, 6.45) is 97.7. The Morgan fingerprint density at radius 3 is 0.613 bits per heavy atom. The molecule has 0 unspecified atom stereocenters. The van der Waals surface area contributed by atoms with Crippen LogP contribution in [0.1, 0.15) is 584 Å². The minimum Gasteiger partial charge on any atom is -0.493 e. The number of hydrogen-bond acceptors (Lipinski definition) is 9. The maximum absolute atomic E-state index is 12.8. The fourth-order valence-electron chi connectivity index (χ4n) is 20.3. The minimum absolute atomic E-state index is 0. The molecule has 0 atom stereocenters. The molecule has 0 aliphatic heterocycles. The predicted molar refractivity (Wildman–Crippen MR) is 589 cm³/mol. The quantitative estimate of drug-likeness (QED) is 0.0162. The summed E-state index contributed by atoms with van der Waals surface area (Å²) in [5.41, 5.74) is 15.5. The maximum Gasteiger partial charge on any atom is 0.333 e. The Labute approximate surface area is 845 Å². The van der Waals surface area contributed by atoms with Crippen LogP contribution in [-0.4, -0.2) is 58.1 Å². The monoisotopic (exact) mass is 1890 g/mol. The van der Waals surface area contributed by atoms with E-state index in [0.717, 1.165) is 122 Å². The number of rotatable bonds is 92. The smallest absolute Gasteiger partial charge is 0.333 e. The van der Waals surface area contributed by atoms with Gasteiger partial charge in [-0.15, -0.1) is 0 Å². The lowest BCUT2D eigenvalue weighted by Crippen LogP contribution is -2.13. The van der Waals surface area contributed by atoms with E-state index in [-0.39, 0.29) is 19.4 Å². The van der Waals surface area contributed by atoms with Crippen molar-refractivity contribution in [2.45, 2.75) is 569 Å². The van der Waals surface area contributed by atoms with Crippen LogP contribution in [0.4, 0.5) is 0 Å². The van der Waals surface area contributed by atoms with Crippen molar-refractivity contribution < 1.29 is 38.0 Å². The molecule has 1 aliphatic rings. The van der Waals surface area contributed by atoms with Crippen molar-refractivity contribution in [2.75, 3.05) is 46.2 Å². The standard InChI is InChI=1S/C126H206N2O8.CH4/c1-10-14-18-22-26-30-34-38-42-46-50-54-58-62-66-71-83-109-95-113-103-117-99-111(85-73-68-64-60-56-52-48-44-40-36-32-28-24-20-16-12-3)101-119(123(117)133-91-79-81-93-135-125(129)107(5)6)105-115-97-110(84-72-67-63-59-55-51-47-43-39-35-31-27-23-19-15-11-2)98-116(122(115)132-90-78-76-88-128-9)106-120-102-112(86-74-69-65-61-57-53-49-45-41-37-33-29-25-21-17-13-4)100-118(104-114(96-109)121(113)131-89-77-70-75-87-127)124(120)134-92-80-82-94-136-126(130)108(7)8;/h95-102H,5,7,10-86,88-94,103-106H2,1-4,6,8H3;1H4. The van der Waals surface area contributed by atoms with E-state index in [0.29, 0.717) is 115 Å². The van der Waals surface area contributed by atoms with Crippen molar-refractivity contribution in [3.8, 4) is 29.1 Å². The van der Waals surface area contributed by atoms with Gasteiger partial charge in [-0.1, -0.05) is 482 Å². The van der Waals surface area contributed by atoms with Gasteiger partial charge in [0.1, 0.15) is 23.0 Å². The average Bonchev–Trinajstić information content (AvgIpc) is 0.771. The van der Waals surface area contributed by atoms with Crippen LogP contribution in [0, 0.1) is 17.9 Å². The van der Waals surface area contributed by atoms with Gasteiger partial charge in [0.25, 0.3) is 0 Å². The fourth-order valence-corrected chi connectivity index (χ4v) is 20.3. The summed E-state index contributed by atoms with van der Waals surface area (Å²) in [5.74, 6) is 3.00. The summed E-state index contributed by atoms with van der Waals surface area (Å²) < 4.78 is 41.5. The summed E-state index contributed by atoms with van der Waals surface area (Å²) in [6, 6.07) is 22.5. The topological polar surface area (TPSA) is 118 Å². The molecule has 10 heteroatoms. The van der Waals surface area contributed by atoms with Gasteiger partial charge in [0.05, 0.1) is 45.7 Å². The normalized spacial score (nSPS) is 11.8. The van der Waals surface area contributed by atoms with Gasteiger partial charge in [0, 0.05) is 49.7 Å². The zero-order chi connectivity index (χ0) is 97.1. The van der Waals surface area contributed by atoms with E-state index in [4.69, 9.17) is 35.0 Å². The van der Waals surface area contributed by atoms with E-state index in [1.807, 2.05) is 0 Å². The molecule has 776 valence electrons. The van der Waals surface area contributed by atoms with Crippen molar-refractivity contribution in [1.82, 2.24) is 0 Å². The second-order valence-corrected chi connectivity index (χ2v) is 41.7.